The standard InChI is InChI=1S/C29H36N4O2.C9H11N/c1-29(2,3)25-10-11-31-26(14-25)18-30-16-23-9-8-20(12-24(23)19-34)15-33-28(35)27-13-21-6-4-5-7-22(21)17-32-27;1-2-6-9-8(4-1)5-3-7-10-9/h4-12,14,27,30,32,34H,13,15-19H2,1-3H3,(H,33,35);3,5,7H,1-2,4,6H2. The smallest absolute Gasteiger partial charge is 0.237 e. The molecule has 236 valence electrons. The molecule has 0 bridgehead atoms. The minimum atomic E-state index is -0.226. The number of aromatic nitrogens is 2. The molecule has 2 aliphatic rings. The molecule has 0 spiro atoms. The molecule has 1 aliphatic heterocycles. The monoisotopic (exact) mass is 605 g/mol. The Labute approximate surface area is 267 Å². The SMILES string of the molecule is CC(C)(C)c1ccnc(CNCc2ccc(CNC(=O)C3Cc4ccccc4CN3)cc2CO)c1.c1cnc2c(c1)CCCC2. The lowest BCUT2D eigenvalue weighted by molar-refractivity contribution is -0.123. The van der Waals surface area contributed by atoms with Gasteiger partial charge in [-0.25, -0.2) is 0 Å². The Morgan fingerprint density at radius 1 is 0.867 bits per heavy atom. The Hall–Kier alpha value is -3.91. The van der Waals surface area contributed by atoms with Crippen molar-refractivity contribution in [2.24, 2.45) is 0 Å². The summed E-state index contributed by atoms with van der Waals surface area (Å²) < 4.78 is 0. The Morgan fingerprint density at radius 3 is 2.47 bits per heavy atom. The van der Waals surface area contributed by atoms with Crippen molar-refractivity contribution >= 4 is 5.91 Å². The van der Waals surface area contributed by atoms with Crippen molar-refractivity contribution in [2.45, 2.75) is 97.1 Å². The molecule has 0 saturated heterocycles. The van der Waals surface area contributed by atoms with E-state index in [0.29, 0.717) is 32.6 Å². The summed E-state index contributed by atoms with van der Waals surface area (Å²) >= 11 is 0. The van der Waals surface area contributed by atoms with Gasteiger partial charge < -0.3 is 21.1 Å². The van der Waals surface area contributed by atoms with Crippen molar-refractivity contribution in [1.29, 1.82) is 0 Å². The van der Waals surface area contributed by atoms with E-state index in [2.05, 4.69) is 77.0 Å². The van der Waals surface area contributed by atoms with Crippen LogP contribution in [0.3, 0.4) is 0 Å². The molecule has 3 heterocycles. The maximum Gasteiger partial charge on any atom is 0.237 e. The fraction of sp³-hybridized carbons (Fsp3) is 0.395. The van der Waals surface area contributed by atoms with Gasteiger partial charge in [0.05, 0.1) is 18.3 Å². The second kappa shape index (κ2) is 15.4. The summed E-state index contributed by atoms with van der Waals surface area (Å²) in [5.41, 5.74) is 10.5. The molecule has 0 saturated carbocycles. The zero-order chi connectivity index (χ0) is 31.6. The van der Waals surface area contributed by atoms with Gasteiger partial charge in [0.15, 0.2) is 0 Å². The number of benzene rings is 2. The molecule has 0 radical (unpaired) electrons. The van der Waals surface area contributed by atoms with Crippen molar-refractivity contribution < 1.29 is 9.90 Å². The van der Waals surface area contributed by atoms with Gasteiger partial charge in [0.25, 0.3) is 0 Å². The number of fused-ring (bicyclic) bond motifs is 2. The summed E-state index contributed by atoms with van der Waals surface area (Å²) in [6.45, 7) is 8.98. The molecule has 7 heteroatoms. The molecule has 4 aromatic rings. The van der Waals surface area contributed by atoms with Crippen molar-refractivity contribution in [1.82, 2.24) is 25.9 Å². The van der Waals surface area contributed by atoms with Crippen molar-refractivity contribution in [3.05, 3.63) is 129 Å². The molecule has 0 fully saturated rings. The Bertz CT molecular complexity index is 1550. The molecule has 4 N–H and O–H groups in total. The van der Waals surface area contributed by atoms with Crippen LogP contribution in [-0.4, -0.2) is 27.0 Å². The molecule has 1 aliphatic carbocycles. The van der Waals surface area contributed by atoms with Crippen LogP contribution in [0.2, 0.25) is 0 Å². The lowest BCUT2D eigenvalue weighted by atomic mass is 9.87. The summed E-state index contributed by atoms with van der Waals surface area (Å²) in [4.78, 5) is 21.5. The maximum atomic E-state index is 12.7. The first kappa shape index (κ1) is 32.5. The third-order valence-electron chi connectivity index (χ3n) is 8.70. The van der Waals surface area contributed by atoms with Crippen LogP contribution in [-0.2, 0) is 62.3 Å². The Balaban J connectivity index is 0.000000336. The van der Waals surface area contributed by atoms with Gasteiger partial charge in [0.1, 0.15) is 0 Å². The van der Waals surface area contributed by atoms with Crippen molar-refractivity contribution in [3.63, 3.8) is 0 Å². The number of aliphatic hydroxyl groups excluding tert-OH is 1. The number of aryl methyl sites for hydroxylation is 2. The van der Waals surface area contributed by atoms with E-state index >= 15 is 0 Å². The van der Waals surface area contributed by atoms with Crippen LogP contribution in [0.15, 0.2) is 79.1 Å². The summed E-state index contributed by atoms with van der Waals surface area (Å²) in [5.74, 6) is 0.000724. The largest absolute Gasteiger partial charge is 0.392 e. The van der Waals surface area contributed by atoms with Crippen LogP contribution in [0.25, 0.3) is 0 Å². The predicted molar refractivity (Wildman–Crippen MR) is 179 cm³/mol. The van der Waals surface area contributed by atoms with Crippen LogP contribution in [0.4, 0.5) is 0 Å². The van der Waals surface area contributed by atoms with Crippen LogP contribution in [0.1, 0.15) is 83.9 Å². The number of aliphatic hydroxyl groups is 1. The third kappa shape index (κ3) is 9.07. The molecule has 2 aromatic carbocycles. The van der Waals surface area contributed by atoms with Gasteiger partial charge in [-0.15, -0.1) is 0 Å². The molecule has 7 nitrogen and oxygen atoms in total. The van der Waals surface area contributed by atoms with Crippen molar-refractivity contribution in [2.75, 3.05) is 0 Å². The van der Waals surface area contributed by atoms with Crippen LogP contribution in [0.5, 0.6) is 0 Å². The maximum absolute atomic E-state index is 12.7. The zero-order valence-corrected chi connectivity index (χ0v) is 26.9. The number of rotatable bonds is 8. The summed E-state index contributed by atoms with van der Waals surface area (Å²) in [6.07, 6.45) is 9.55. The first-order valence-corrected chi connectivity index (χ1v) is 16.2. The highest BCUT2D eigenvalue weighted by Gasteiger charge is 2.23. The fourth-order valence-electron chi connectivity index (χ4n) is 5.96. The average molecular weight is 606 g/mol. The summed E-state index contributed by atoms with van der Waals surface area (Å²) in [5, 5.41) is 19.7. The van der Waals surface area contributed by atoms with Crippen molar-refractivity contribution in [3.8, 4) is 0 Å². The second-order valence-electron chi connectivity index (χ2n) is 13.1. The second-order valence-corrected chi connectivity index (χ2v) is 13.1. The summed E-state index contributed by atoms with van der Waals surface area (Å²) in [6, 6.07) is 22.5. The van der Waals surface area contributed by atoms with Crippen LogP contribution < -0.4 is 16.0 Å². The minimum absolute atomic E-state index is 0.000724. The van der Waals surface area contributed by atoms with E-state index in [1.54, 1.807) is 0 Å². The average Bonchev–Trinajstić information content (AvgIpc) is 3.07. The Morgan fingerprint density at radius 2 is 1.67 bits per heavy atom. The number of nitrogens with zero attached hydrogens (tertiary/aromatic N) is 2. The van der Waals surface area contributed by atoms with E-state index in [-0.39, 0.29) is 24.0 Å². The number of nitrogens with one attached hydrogen (secondary N) is 3. The van der Waals surface area contributed by atoms with Crippen LogP contribution in [0, 0.1) is 0 Å². The van der Waals surface area contributed by atoms with Gasteiger partial charge in [-0.1, -0.05) is 69.3 Å². The fourth-order valence-corrected chi connectivity index (χ4v) is 5.96. The van der Waals surface area contributed by atoms with Crippen LogP contribution >= 0.6 is 0 Å². The normalized spacial score (nSPS) is 15.7. The lowest BCUT2D eigenvalue weighted by Gasteiger charge is -2.25. The molecule has 45 heavy (non-hydrogen) atoms. The van der Waals surface area contributed by atoms with E-state index in [1.165, 1.54) is 53.6 Å². The molecule has 2 aromatic heterocycles. The van der Waals surface area contributed by atoms with Gasteiger partial charge in [-0.2, -0.15) is 0 Å². The molecular weight excluding hydrogens is 558 g/mol. The quantitative estimate of drug-likeness (QED) is 0.213. The Kier molecular flexibility index (Phi) is 11.1. The highest BCUT2D eigenvalue weighted by atomic mass is 16.3. The van der Waals surface area contributed by atoms with E-state index in [0.717, 1.165) is 22.4 Å². The minimum Gasteiger partial charge on any atom is -0.392 e. The number of hydrogen-bond donors (Lipinski definition) is 4. The topological polar surface area (TPSA) is 99.2 Å². The number of amides is 1. The highest BCUT2D eigenvalue weighted by molar-refractivity contribution is 5.82. The third-order valence-corrected chi connectivity index (χ3v) is 8.70. The summed E-state index contributed by atoms with van der Waals surface area (Å²) in [7, 11) is 0. The first-order chi connectivity index (χ1) is 21.8. The molecule has 1 atom stereocenters. The molecule has 1 amide bonds. The zero-order valence-electron chi connectivity index (χ0n) is 26.9. The molecule has 6 rings (SSSR count). The number of pyridine rings is 2. The molecule has 1 unspecified atom stereocenters. The molecular formula is C38H47N5O2. The number of carbonyl (C=O) groups is 1. The van der Waals surface area contributed by atoms with Gasteiger partial charge in [0, 0.05) is 44.3 Å². The van der Waals surface area contributed by atoms with E-state index in [9.17, 15) is 9.90 Å². The van der Waals surface area contributed by atoms with E-state index in [4.69, 9.17) is 0 Å². The number of hydrogen-bond acceptors (Lipinski definition) is 6. The van der Waals surface area contributed by atoms with E-state index < -0.39 is 0 Å². The van der Waals surface area contributed by atoms with Gasteiger partial charge in [-0.3, -0.25) is 14.8 Å². The van der Waals surface area contributed by atoms with E-state index in [1.807, 2.05) is 48.8 Å². The number of carbonyl (C=O) groups excluding carboxylic acids is 1. The van der Waals surface area contributed by atoms with Gasteiger partial charge in [0.2, 0.25) is 5.91 Å². The van der Waals surface area contributed by atoms with Gasteiger partial charge >= 0.3 is 0 Å². The lowest BCUT2D eigenvalue weighted by Crippen LogP contribution is -2.47. The predicted octanol–water partition coefficient (Wildman–Crippen LogP) is 5.45. The van der Waals surface area contributed by atoms with Gasteiger partial charge in [-0.05, 0) is 94.7 Å². The first-order valence-electron chi connectivity index (χ1n) is 16.2. The highest BCUT2D eigenvalue weighted by Crippen LogP contribution is 2.22.